The van der Waals surface area contributed by atoms with Crippen molar-refractivity contribution in [3.05, 3.63) is 84.3 Å². The third kappa shape index (κ3) is 10.2. The first-order chi connectivity index (χ1) is 23.4. The Morgan fingerprint density at radius 3 is 2.14 bits per heavy atom. The molecule has 0 bridgehead atoms. The van der Waals surface area contributed by atoms with E-state index in [1.165, 1.54) is 33.0 Å². The second-order valence-electron chi connectivity index (χ2n) is 16.7. The molecule has 1 aliphatic rings. The summed E-state index contributed by atoms with van der Waals surface area (Å²) >= 11 is 0. The van der Waals surface area contributed by atoms with Gasteiger partial charge in [0.15, 0.2) is 5.78 Å². The molecule has 2 heterocycles. The Labute approximate surface area is 324 Å². The van der Waals surface area contributed by atoms with Crippen LogP contribution in [0.2, 0.25) is 32.7 Å². The fraction of sp³-hybridized carbons (Fsp3) is 0.455. The zero-order valence-electron chi connectivity index (χ0n) is 33.1. The normalized spacial score (nSPS) is 13.9. The molecule has 0 aliphatic carbocycles. The van der Waals surface area contributed by atoms with Gasteiger partial charge in [0, 0.05) is 55.5 Å². The molecule has 0 saturated carbocycles. The third-order valence-electron chi connectivity index (χ3n) is 9.94. The molecule has 1 aliphatic heterocycles. The molecule has 0 unspecified atom stereocenters. The van der Waals surface area contributed by atoms with Crippen LogP contribution in [0, 0.1) is 23.3 Å². The van der Waals surface area contributed by atoms with Crippen LogP contribution < -0.4 is 14.8 Å². The Balaban J connectivity index is 0.000000374. The molecule has 4 nitrogen and oxygen atoms in total. The van der Waals surface area contributed by atoms with E-state index in [9.17, 15) is 9.90 Å². The van der Waals surface area contributed by atoms with Gasteiger partial charge in [0.2, 0.25) is 0 Å². The van der Waals surface area contributed by atoms with Crippen LogP contribution in [-0.2, 0) is 31.3 Å². The van der Waals surface area contributed by atoms with Crippen molar-refractivity contribution in [3.8, 4) is 28.1 Å². The van der Waals surface area contributed by atoms with Crippen molar-refractivity contribution < 1.29 is 34.4 Å². The van der Waals surface area contributed by atoms with E-state index in [1.54, 1.807) is 0 Å². The molecular formula is C44H60IrNO3Si2-. The van der Waals surface area contributed by atoms with Gasteiger partial charge in [-0.05, 0) is 73.0 Å². The number of rotatable bonds is 10. The minimum Gasteiger partial charge on any atom is -0.543 e. The Hall–Kier alpha value is -2.84. The number of ketones is 1. The quantitative estimate of drug-likeness (QED) is 0.0746. The number of nitrogens with zero attached hydrogens (tertiary/aromatic N) is 1. The number of allylic oxidation sites excluding steroid dienone is 2. The van der Waals surface area contributed by atoms with Gasteiger partial charge in [-0.2, -0.15) is 0 Å². The summed E-state index contributed by atoms with van der Waals surface area (Å²) in [5.74, 6) is 1.47. The zero-order valence-corrected chi connectivity index (χ0v) is 37.5. The van der Waals surface area contributed by atoms with Crippen LogP contribution in [-0.4, -0.2) is 32.3 Å². The average Bonchev–Trinajstić information content (AvgIpc) is 3.04. The Kier molecular flexibility index (Phi) is 14.5. The van der Waals surface area contributed by atoms with Crippen LogP contribution in [0.3, 0.4) is 0 Å². The predicted molar refractivity (Wildman–Crippen MR) is 219 cm³/mol. The molecule has 5 rings (SSSR count). The van der Waals surface area contributed by atoms with E-state index < -0.39 is 16.4 Å². The maximum absolute atomic E-state index is 11.7. The molecule has 0 saturated heterocycles. The molecule has 3 aromatic carbocycles. The van der Waals surface area contributed by atoms with E-state index in [1.807, 2.05) is 33.9 Å². The molecule has 0 fully saturated rings. The van der Waals surface area contributed by atoms with Gasteiger partial charge >= 0.3 is 0 Å². The molecule has 4 aromatic rings. The second-order valence-corrected chi connectivity index (χ2v) is 25.5. The third-order valence-corrected chi connectivity index (χ3v) is 14.4. The first-order valence-electron chi connectivity index (χ1n) is 18.7. The Morgan fingerprint density at radius 1 is 0.922 bits per heavy atom. The standard InChI is InChI=1S/C31H36NOSi2.C13H24O2.Ir/c1-31(2,3)20-21-13-14-25-26-15-16-32-29(30(26)33-35(7,8)28(25)17-21)23-18-22-11-9-10-12-24(22)27(19-23)34(4,5)6;1-5-10(6-2)12(14)9-13(15)11(7-3)8-4;/h9-17,19H,20H2,1-8H3;9-11,14H,5-8H2,1-4H3;/q-1;;/b;12-9-;. The van der Waals surface area contributed by atoms with Crippen LogP contribution in [0.4, 0.5) is 0 Å². The molecule has 0 amide bonds. The van der Waals surface area contributed by atoms with Crippen LogP contribution in [0.1, 0.15) is 79.7 Å². The van der Waals surface area contributed by atoms with Crippen LogP contribution in [0.15, 0.2) is 72.6 Å². The van der Waals surface area contributed by atoms with Gasteiger partial charge in [-0.1, -0.05) is 115 Å². The molecule has 0 atom stereocenters. The molecule has 1 N–H and O–H groups in total. The van der Waals surface area contributed by atoms with Crippen LogP contribution in [0.25, 0.3) is 33.2 Å². The SMILES string of the molecule is CC(C)(C)Cc1ccc2c(c1)[Si](C)(C)Oc1c-2ccnc1-c1[c-]c2ccccc2c([Si](C)(C)C)c1.CCC(CC)C(=O)/C=C(\O)C(CC)CC.[Ir]. The topological polar surface area (TPSA) is 59.4 Å². The minimum atomic E-state index is -2.18. The molecule has 0 spiro atoms. The van der Waals surface area contributed by atoms with Crippen molar-refractivity contribution in [3.63, 3.8) is 0 Å². The van der Waals surface area contributed by atoms with Crippen LogP contribution >= 0.6 is 0 Å². The second kappa shape index (κ2) is 17.3. The van der Waals surface area contributed by atoms with Crippen molar-refractivity contribution in [2.75, 3.05) is 0 Å². The number of pyridine rings is 1. The summed E-state index contributed by atoms with van der Waals surface area (Å²) in [7, 11) is -3.77. The monoisotopic (exact) mass is 899 g/mol. The molecule has 277 valence electrons. The summed E-state index contributed by atoms with van der Waals surface area (Å²) in [6.07, 6.45) is 7.90. The van der Waals surface area contributed by atoms with Crippen molar-refractivity contribution >= 4 is 43.3 Å². The minimum absolute atomic E-state index is 0. The predicted octanol–water partition coefficient (Wildman–Crippen LogP) is 11.2. The molecule has 51 heavy (non-hydrogen) atoms. The zero-order chi connectivity index (χ0) is 37.0. The van der Waals surface area contributed by atoms with Crippen LogP contribution in [0.5, 0.6) is 5.75 Å². The van der Waals surface area contributed by atoms with Gasteiger partial charge in [-0.25, -0.2) is 0 Å². The summed E-state index contributed by atoms with van der Waals surface area (Å²) in [4.78, 5) is 16.6. The number of aromatic nitrogens is 1. The number of aliphatic hydroxyl groups excluding tert-OH is 1. The van der Waals surface area contributed by atoms with E-state index in [0.29, 0.717) is 0 Å². The summed E-state index contributed by atoms with van der Waals surface area (Å²) in [6.45, 7) is 26.8. The van der Waals surface area contributed by atoms with Crippen molar-refractivity contribution in [1.29, 1.82) is 0 Å². The van der Waals surface area contributed by atoms with Gasteiger partial charge < -0.3 is 9.53 Å². The first kappa shape index (κ1) is 42.6. The molecule has 1 aromatic heterocycles. The molecule has 7 heteroatoms. The maximum atomic E-state index is 11.7. The largest absolute Gasteiger partial charge is 0.543 e. The summed E-state index contributed by atoms with van der Waals surface area (Å²) < 4.78 is 6.92. The van der Waals surface area contributed by atoms with E-state index in [0.717, 1.165) is 60.1 Å². The first-order valence-corrected chi connectivity index (χ1v) is 25.1. The van der Waals surface area contributed by atoms with E-state index in [2.05, 4.69) is 114 Å². The average molecular weight is 899 g/mol. The number of carbonyl (C=O) groups is 1. The van der Waals surface area contributed by atoms with Gasteiger partial charge in [0.05, 0.1) is 13.8 Å². The van der Waals surface area contributed by atoms with Crippen molar-refractivity contribution in [1.82, 2.24) is 4.98 Å². The number of hydrogen-bond donors (Lipinski definition) is 1. The summed E-state index contributed by atoms with van der Waals surface area (Å²) in [6, 6.07) is 23.8. The number of carbonyl (C=O) groups excluding carboxylic acids is 1. The van der Waals surface area contributed by atoms with Gasteiger partial charge in [-0.15, -0.1) is 28.8 Å². The van der Waals surface area contributed by atoms with Gasteiger partial charge in [0.1, 0.15) is 5.75 Å². The van der Waals surface area contributed by atoms with E-state index in [-0.39, 0.29) is 48.9 Å². The number of aliphatic hydroxyl groups is 1. The Morgan fingerprint density at radius 2 is 1.55 bits per heavy atom. The Bertz CT molecular complexity index is 1840. The van der Waals surface area contributed by atoms with E-state index >= 15 is 0 Å². The van der Waals surface area contributed by atoms with E-state index in [4.69, 9.17) is 9.41 Å². The van der Waals surface area contributed by atoms with Gasteiger partial charge in [0.25, 0.3) is 8.32 Å². The van der Waals surface area contributed by atoms with Gasteiger partial charge in [-0.3, -0.25) is 9.78 Å². The fourth-order valence-corrected chi connectivity index (χ4v) is 10.9. The smallest absolute Gasteiger partial charge is 0.276 e. The molecule has 1 radical (unpaired) electrons. The number of hydrogen-bond acceptors (Lipinski definition) is 4. The summed E-state index contributed by atoms with van der Waals surface area (Å²) in [5.41, 5.74) is 6.05. The number of fused-ring (bicyclic) bond motifs is 4. The van der Waals surface area contributed by atoms with Crippen molar-refractivity contribution in [2.24, 2.45) is 17.3 Å². The number of benzene rings is 3. The maximum Gasteiger partial charge on any atom is 0.276 e. The fourth-order valence-electron chi connectivity index (χ4n) is 7.07. The van der Waals surface area contributed by atoms with Crippen molar-refractivity contribution in [2.45, 2.75) is 113 Å². The molecular weight excluding hydrogens is 839 g/mol. The summed E-state index contributed by atoms with van der Waals surface area (Å²) in [5, 5.41) is 15.1.